The fourth-order valence-corrected chi connectivity index (χ4v) is 3.41. The molecule has 0 aliphatic carbocycles. The van der Waals surface area contributed by atoms with Crippen LogP contribution >= 0.6 is 11.8 Å². The Hall–Kier alpha value is -1.28. The maximum atomic E-state index is 11.8. The first-order chi connectivity index (χ1) is 8.65. The first-order valence-electron chi connectivity index (χ1n) is 5.82. The highest BCUT2D eigenvalue weighted by atomic mass is 32.2. The van der Waals surface area contributed by atoms with Crippen LogP contribution in [0.15, 0.2) is 9.95 Å². The number of rotatable bonds is 4. The molecule has 0 aromatic carbocycles. The molecule has 1 aromatic rings. The zero-order chi connectivity index (χ0) is 12.7. The third-order valence-electron chi connectivity index (χ3n) is 3.40. The average molecular weight is 271 g/mol. The van der Waals surface area contributed by atoms with Crippen LogP contribution in [-0.2, 0) is 9.53 Å². The minimum Gasteiger partial charge on any atom is -0.481 e. The van der Waals surface area contributed by atoms with Crippen LogP contribution in [0.4, 0.5) is 0 Å². The third kappa shape index (κ3) is 1.95. The highest BCUT2D eigenvalue weighted by Crippen LogP contribution is 2.42. The van der Waals surface area contributed by atoms with E-state index in [0.717, 1.165) is 31.0 Å². The van der Waals surface area contributed by atoms with Gasteiger partial charge in [-0.1, -0.05) is 11.8 Å². The number of H-pyrrole nitrogens is 1. The molecule has 2 aliphatic heterocycles. The number of aromatic nitrogens is 3. The highest BCUT2D eigenvalue weighted by molar-refractivity contribution is 7.99. The number of fused-ring (bicyclic) bond motifs is 2. The molecular weight excluding hydrogens is 258 g/mol. The lowest BCUT2D eigenvalue weighted by atomic mass is 9.95. The van der Waals surface area contributed by atoms with E-state index in [2.05, 4.69) is 10.2 Å². The molecule has 3 rings (SSSR count). The fraction of sp³-hybridized carbons (Fsp3) is 0.700. The van der Waals surface area contributed by atoms with E-state index in [1.54, 1.807) is 4.57 Å². The molecule has 0 radical (unpaired) electrons. The molecule has 2 fully saturated rings. The molecule has 0 amide bonds. The van der Waals surface area contributed by atoms with Gasteiger partial charge in [-0.3, -0.25) is 9.36 Å². The second-order valence-electron chi connectivity index (χ2n) is 4.54. The van der Waals surface area contributed by atoms with E-state index in [1.165, 1.54) is 0 Å². The normalized spacial score (nSPS) is 29.9. The largest absolute Gasteiger partial charge is 0.481 e. The van der Waals surface area contributed by atoms with Crippen molar-refractivity contribution in [3.05, 3.63) is 10.5 Å². The predicted octanol–water partition coefficient (Wildman–Crippen LogP) is 0.240. The summed E-state index contributed by atoms with van der Waals surface area (Å²) in [6.45, 7) is 0. The molecule has 0 saturated carbocycles. The summed E-state index contributed by atoms with van der Waals surface area (Å²) in [4.78, 5) is 22.3. The van der Waals surface area contributed by atoms with E-state index in [9.17, 15) is 9.59 Å². The number of thioether (sulfide) groups is 1. The second-order valence-corrected chi connectivity index (χ2v) is 5.48. The van der Waals surface area contributed by atoms with Gasteiger partial charge >= 0.3 is 11.7 Å². The second kappa shape index (κ2) is 4.43. The Morgan fingerprint density at radius 3 is 3.06 bits per heavy atom. The Bertz CT molecular complexity index is 525. The molecule has 2 saturated heterocycles. The summed E-state index contributed by atoms with van der Waals surface area (Å²) in [5.41, 5.74) is -0.288. The molecular formula is C10H13N3O4S. The van der Waals surface area contributed by atoms with Crippen LogP contribution in [0.2, 0.25) is 0 Å². The van der Waals surface area contributed by atoms with Crippen molar-refractivity contribution >= 4 is 17.7 Å². The van der Waals surface area contributed by atoms with Gasteiger partial charge in [0.2, 0.25) is 0 Å². The van der Waals surface area contributed by atoms with Crippen LogP contribution in [-0.4, -0.2) is 43.8 Å². The van der Waals surface area contributed by atoms with Gasteiger partial charge in [-0.2, -0.15) is 0 Å². The maximum Gasteiger partial charge on any atom is 0.344 e. The predicted molar refractivity (Wildman–Crippen MR) is 62.8 cm³/mol. The van der Waals surface area contributed by atoms with Crippen molar-refractivity contribution in [1.29, 1.82) is 0 Å². The number of aliphatic carboxylic acids is 1. The smallest absolute Gasteiger partial charge is 0.344 e. The summed E-state index contributed by atoms with van der Waals surface area (Å²) >= 11 is 1.06. The molecule has 18 heavy (non-hydrogen) atoms. The van der Waals surface area contributed by atoms with Crippen LogP contribution in [0, 0.1) is 0 Å². The number of nitrogens with zero attached hydrogens (tertiary/aromatic N) is 2. The van der Waals surface area contributed by atoms with Crippen molar-refractivity contribution < 1.29 is 14.6 Å². The number of hydrogen-bond acceptors (Lipinski definition) is 5. The Kier molecular flexibility index (Phi) is 2.90. The summed E-state index contributed by atoms with van der Waals surface area (Å²) in [7, 11) is 0. The molecule has 3 unspecified atom stereocenters. The van der Waals surface area contributed by atoms with Gasteiger partial charge in [0.15, 0.2) is 5.16 Å². The van der Waals surface area contributed by atoms with Crippen LogP contribution in [0.3, 0.4) is 0 Å². The molecule has 2 N–H and O–H groups in total. The van der Waals surface area contributed by atoms with Gasteiger partial charge in [-0.15, -0.1) is 5.10 Å². The third-order valence-corrected chi connectivity index (χ3v) is 4.34. The Morgan fingerprint density at radius 1 is 1.61 bits per heavy atom. The first-order valence-corrected chi connectivity index (χ1v) is 6.80. The van der Waals surface area contributed by atoms with E-state index >= 15 is 0 Å². The molecule has 0 spiro atoms. The number of carbonyl (C=O) groups is 1. The minimum atomic E-state index is -0.925. The zero-order valence-corrected chi connectivity index (χ0v) is 10.4. The van der Waals surface area contributed by atoms with Crippen molar-refractivity contribution in [3.63, 3.8) is 0 Å². The molecule has 2 bridgehead atoms. The van der Waals surface area contributed by atoms with E-state index in [-0.39, 0.29) is 29.7 Å². The van der Waals surface area contributed by atoms with E-state index < -0.39 is 5.97 Å². The lowest BCUT2D eigenvalue weighted by Gasteiger charge is -2.20. The number of hydrogen-bond donors (Lipinski definition) is 2. The lowest BCUT2D eigenvalue weighted by molar-refractivity contribution is -0.133. The Morgan fingerprint density at radius 2 is 2.44 bits per heavy atom. The molecule has 3 atom stereocenters. The maximum absolute atomic E-state index is 11.8. The van der Waals surface area contributed by atoms with E-state index in [1.807, 2.05) is 0 Å². The van der Waals surface area contributed by atoms with Crippen molar-refractivity contribution in [2.75, 3.05) is 5.75 Å². The average Bonchev–Trinajstić information content (AvgIpc) is 3.00. The summed E-state index contributed by atoms with van der Waals surface area (Å²) in [5.74, 6) is -1.03. The quantitative estimate of drug-likeness (QED) is 0.761. The van der Waals surface area contributed by atoms with Gasteiger partial charge in [0.1, 0.15) is 0 Å². The molecule has 7 nitrogen and oxygen atoms in total. The number of aromatic amines is 1. The van der Waals surface area contributed by atoms with E-state index in [4.69, 9.17) is 9.84 Å². The molecule has 8 heteroatoms. The summed E-state index contributed by atoms with van der Waals surface area (Å²) < 4.78 is 7.27. The summed E-state index contributed by atoms with van der Waals surface area (Å²) in [6, 6.07) is -0.00806. The summed E-state index contributed by atoms with van der Waals surface area (Å²) in [6.07, 6.45) is 3.11. The monoisotopic (exact) mass is 271 g/mol. The van der Waals surface area contributed by atoms with Gasteiger partial charge in [-0.05, 0) is 19.3 Å². The Balaban J connectivity index is 1.84. The van der Waals surface area contributed by atoms with Gasteiger partial charge in [-0.25, -0.2) is 9.89 Å². The standard InChI is InChI=1S/C10H13N3O4S/c14-8(15)4-18-10-12-11-9(16)13(10)6-3-5-1-2-7(6)17-5/h5-7H,1-4H2,(H,11,16)(H,14,15). The van der Waals surface area contributed by atoms with Crippen LogP contribution in [0.25, 0.3) is 0 Å². The number of ether oxygens (including phenoxy) is 1. The van der Waals surface area contributed by atoms with E-state index in [0.29, 0.717) is 5.16 Å². The van der Waals surface area contributed by atoms with Crippen LogP contribution in [0.1, 0.15) is 25.3 Å². The van der Waals surface area contributed by atoms with Crippen molar-refractivity contribution in [2.45, 2.75) is 42.7 Å². The molecule has 2 aliphatic rings. The SMILES string of the molecule is O=C(O)CSc1n[nH]c(=O)n1C1CC2CCC1O2. The van der Waals surface area contributed by atoms with Gasteiger partial charge in [0.25, 0.3) is 0 Å². The first kappa shape index (κ1) is 11.8. The van der Waals surface area contributed by atoms with Crippen molar-refractivity contribution in [1.82, 2.24) is 14.8 Å². The number of carboxylic acids is 1. The van der Waals surface area contributed by atoms with Crippen molar-refractivity contribution in [2.24, 2.45) is 0 Å². The van der Waals surface area contributed by atoms with Crippen LogP contribution < -0.4 is 5.69 Å². The van der Waals surface area contributed by atoms with Crippen molar-refractivity contribution in [3.8, 4) is 0 Å². The zero-order valence-electron chi connectivity index (χ0n) is 9.54. The van der Waals surface area contributed by atoms with Gasteiger partial charge < -0.3 is 9.84 Å². The molecule has 98 valence electrons. The topological polar surface area (TPSA) is 97.2 Å². The van der Waals surface area contributed by atoms with Gasteiger partial charge in [0, 0.05) is 0 Å². The summed E-state index contributed by atoms with van der Waals surface area (Å²) in [5, 5.41) is 15.4. The number of carboxylic acid groups (broad SMARTS) is 1. The molecule has 1 aromatic heterocycles. The van der Waals surface area contributed by atoms with Gasteiger partial charge in [0.05, 0.1) is 24.0 Å². The number of nitrogens with one attached hydrogen (secondary N) is 1. The Labute approximate surface area is 107 Å². The fourth-order valence-electron chi connectivity index (χ4n) is 2.69. The minimum absolute atomic E-state index is 0.00806. The van der Waals surface area contributed by atoms with Crippen LogP contribution in [0.5, 0.6) is 0 Å². The highest BCUT2D eigenvalue weighted by Gasteiger charge is 2.43. The lowest BCUT2D eigenvalue weighted by Crippen LogP contribution is -2.29. The molecule has 3 heterocycles.